The Morgan fingerprint density at radius 1 is 1.40 bits per heavy atom. The highest BCUT2D eigenvalue weighted by atomic mass is 32.1. The van der Waals surface area contributed by atoms with Crippen LogP contribution in [0.5, 0.6) is 0 Å². The van der Waals surface area contributed by atoms with Crippen molar-refractivity contribution in [3.05, 3.63) is 52.1 Å². The molecule has 0 aromatic carbocycles. The van der Waals surface area contributed by atoms with E-state index in [2.05, 4.69) is 0 Å². The van der Waals surface area contributed by atoms with Gasteiger partial charge in [0, 0.05) is 0 Å². The van der Waals surface area contributed by atoms with Gasteiger partial charge in [0.05, 0.1) is 4.88 Å². The molecule has 76 valence electrons. The summed E-state index contributed by atoms with van der Waals surface area (Å²) in [5.74, 6) is 1.56. The van der Waals surface area contributed by atoms with Crippen molar-refractivity contribution in [2.75, 3.05) is 0 Å². The molecule has 0 radical (unpaired) electrons. The van der Waals surface area contributed by atoms with Crippen LogP contribution in [0.2, 0.25) is 0 Å². The second kappa shape index (κ2) is 4.28. The van der Waals surface area contributed by atoms with Crippen LogP contribution in [-0.4, -0.2) is 5.78 Å². The van der Waals surface area contributed by atoms with E-state index in [9.17, 15) is 4.79 Å². The molecule has 0 unspecified atom stereocenters. The fraction of sp³-hybridized carbons (Fsp3) is 0.0833. The average Bonchev–Trinajstić information content (AvgIpc) is 2.84. The van der Waals surface area contributed by atoms with Gasteiger partial charge in [-0.05, 0) is 42.7 Å². The van der Waals surface area contributed by atoms with Gasteiger partial charge < -0.3 is 4.42 Å². The minimum atomic E-state index is 0.0130. The molecule has 2 aromatic rings. The standard InChI is InChI=1S/C12H10O2S/c1-9-4-5-10(14-9)6-7-11(13)12-3-2-8-15-12/h2-8H,1H3/b7-6-. The van der Waals surface area contributed by atoms with E-state index in [4.69, 9.17) is 4.42 Å². The van der Waals surface area contributed by atoms with Crippen LogP contribution in [0.1, 0.15) is 21.2 Å². The molecule has 0 bridgehead atoms. The molecule has 0 saturated heterocycles. The lowest BCUT2D eigenvalue weighted by Crippen LogP contribution is -1.87. The summed E-state index contributed by atoms with van der Waals surface area (Å²) in [6, 6.07) is 7.39. The minimum absolute atomic E-state index is 0.0130. The SMILES string of the molecule is Cc1ccc(/C=C\C(=O)c2cccs2)o1. The topological polar surface area (TPSA) is 30.2 Å². The number of furan rings is 1. The van der Waals surface area contributed by atoms with Gasteiger partial charge in [-0.25, -0.2) is 0 Å². The first-order valence-corrected chi connectivity index (χ1v) is 5.46. The lowest BCUT2D eigenvalue weighted by atomic mass is 10.3. The van der Waals surface area contributed by atoms with Crippen molar-refractivity contribution in [3.8, 4) is 0 Å². The quantitative estimate of drug-likeness (QED) is 0.582. The lowest BCUT2D eigenvalue weighted by molar-refractivity contribution is 0.105. The van der Waals surface area contributed by atoms with E-state index < -0.39 is 0 Å². The van der Waals surface area contributed by atoms with E-state index in [1.807, 2.05) is 36.6 Å². The van der Waals surface area contributed by atoms with E-state index in [-0.39, 0.29) is 5.78 Å². The largest absolute Gasteiger partial charge is 0.462 e. The molecule has 0 N–H and O–H groups in total. The van der Waals surface area contributed by atoms with Crippen LogP contribution in [-0.2, 0) is 0 Å². The van der Waals surface area contributed by atoms with Crippen molar-refractivity contribution in [3.63, 3.8) is 0 Å². The normalized spacial score (nSPS) is 11.0. The van der Waals surface area contributed by atoms with Gasteiger partial charge in [-0.1, -0.05) is 6.07 Å². The summed E-state index contributed by atoms with van der Waals surface area (Å²) in [6.45, 7) is 1.87. The van der Waals surface area contributed by atoms with E-state index in [0.29, 0.717) is 5.76 Å². The molecule has 0 aliphatic rings. The van der Waals surface area contributed by atoms with Crippen molar-refractivity contribution in [1.29, 1.82) is 0 Å². The molecule has 3 heteroatoms. The Balaban J connectivity index is 2.09. The number of carbonyl (C=O) groups is 1. The maximum Gasteiger partial charge on any atom is 0.195 e. The van der Waals surface area contributed by atoms with Gasteiger partial charge in [0.2, 0.25) is 0 Å². The number of allylic oxidation sites excluding steroid dienone is 1. The van der Waals surface area contributed by atoms with Gasteiger partial charge in [-0.3, -0.25) is 4.79 Å². The van der Waals surface area contributed by atoms with Gasteiger partial charge in [-0.2, -0.15) is 0 Å². The van der Waals surface area contributed by atoms with Crippen LogP contribution in [0.25, 0.3) is 6.08 Å². The zero-order chi connectivity index (χ0) is 10.7. The number of thiophene rings is 1. The zero-order valence-electron chi connectivity index (χ0n) is 8.27. The molecular weight excluding hydrogens is 208 g/mol. The summed E-state index contributed by atoms with van der Waals surface area (Å²) in [7, 11) is 0. The molecule has 0 amide bonds. The Morgan fingerprint density at radius 2 is 2.27 bits per heavy atom. The highest BCUT2D eigenvalue weighted by Gasteiger charge is 2.02. The maximum atomic E-state index is 11.6. The Labute approximate surface area is 91.9 Å². The smallest absolute Gasteiger partial charge is 0.195 e. The molecular formula is C12H10O2S. The summed E-state index contributed by atoms with van der Waals surface area (Å²) in [5.41, 5.74) is 0. The average molecular weight is 218 g/mol. The lowest BCUT2D eigenvalue weighted by Gasteiger charge is -1.87. The highest BCUT2D eigenvalue weighted by Crippen LogP contribution is 2.12. The second-order valence-corrected chi connectivity index (χ2v) is 4.07. The minimum Gasteiger partial charge on any atom is -0.462 e. The van der Waals surface area contributed by atoms with E-state index in [1.54, 1.807) is 6.08 Å². The van der Waals surface area contributed by atoms with Gasteiger partial charge in [-0.15, -0.1) is 11.3 Å². The molecule has 0 spiro atoms. The molecule has 0 aliphatic heterocycles. The first-order chi connectivity index (χ1) is 7.25. The molecule has 2 nitrogen and oxygen atoms in total. The highest BCUT2D eigenvalue weighted by molar-refractivity contribution is 7.12. The molecule has 2 aromatic heterocycles. The number of hydrogen-bond acceptors (Lipinski definition) is 3. The summed E-state index contributed by atoms with van der Waals surface area (Å²) in [5, 5.41) is 1.89. The predicted octanol–water partition coefficient (Wildman–Crippen LogP) is 3.55. The van der Waals surface area contributed by atoms with Crippen LogP contribution in [0.15, 0.2) is 40.1 Å². The summed E-state index contributed by atoms with van der Waals surface area (Å²) in [4.78, 5) is 12.3. The van der Waals surface area contributed by atoms with Crippen LogP contribution in [0, 0.1) is 6.92 Å². The summed E-state index contributed by atoms with van der Waals surface area (Å²) >= 11 is 1.44. The van der Waals surface area contributed by atoms with E-state index >= 15 is 0 Å². The first-order valence-electron chi connectivity index (χ1n) is 4.58. The summed E-state index contributed by atoms with van der Waals surface area (Å²) in [6.07, 6.45) is 3.22. The third-order valence-corrected chi connectivity index (χ3v) is 2.81. The third-order valence-electron chi connectivity index (χ3n) is 1.92. The Kier molecular flexibility index (Phi) is 2.83. The van der Waals surface area contributed by atoms with Crippen molar-refractivity contribution in [2.45, 2.75) is 6.92 Å². The van der Waals surface area contributed by atoms with Crippen molar-refractivity contribution in [1.82, 2.24) is 0 Å². The molecule has 0 saturated carbocycles. The van der Waals surface area contributed by atoms with Crippen LogP contribution in [0.4, 0.5) is 0 Å². The molecule has 15 heavy (non-hydrogen) atoms. The van der Waals surface area contributed by atoms with Gasteiger partial charge in [0.1, 0.15) is 11.5 Å². The molecule has 2 rings (SSSR count). The summed E-state index contributed by atoms with van der Waals surface area (Å²) < 4.78 is 5.32. The number of rotatable bonds is 3. The monoisotopic (exact) mass is 218 g/mol. The predicted molar refractivity (Wildman–Crippen MR) is 61.1 cm³/mol. The van der Waals surface area contributed by atoms with E-state index in [0.717, 1.165) is 10.6 Å². The van der Waals surface area contributed by atoms with Crippen molar-refractivity contribution in [2.24, 2.45) is 0 Å². The fourth-order valence-corrected chi connectivity index (χ4v) is 1.85. The Bertz CT molecular complexity index is 477. The fourth-order valence-electron chi connectivity index (χ4n) is 1.20. The van der Waals surface area contributed by atoms with Crippen molar-refractivity contribution >= 4 is 23.2 Å². The maximum absolute atomic E-state index is 11.6. The molecule has 0 aliphatic carbocycles. The number of ketones is 1. The number of hydrogen-bond donors (Lipinski definition) is 0. The first kappa shape index (κ1) is 9.93. The zero-order valence-corrected chi connectivity index (χ0v) is 9.08. The third kappa shape index (κ3) is 2.44. The van der Waals surface area contributed by atoms with E-state index in [1.165, 1.54) is 17.4 Å². The van der Waals surface area contributed by atoms with Gasteiger partial charge >= 0.3 is 0 Å². The van der Waals surface area contributed by atoms with Gasteiger partial charge in [0.25, 0.3) is 0 Å². The molecule has 0 fully saturated rings. The van der Waals surface area contributed by atoms with Crippen LogP contribution in [0.3, 0.4) is 0 Å². The molecule has 0 atom stereocenters. The number of carbonyl (C=O) groups excluding carboxylic acids is 1. The van der Waals surface area contributed by atoms with Crippen molar-refractivity contribution < 1.29 is 9.21 Å². The van der Waals surface area contributed by atoms with Crippen LogP contribution >= 0.6 is 11.3 Å². The van der Waals surface area contributed by atoms with Gasteiger partial charge in [0.15, 0.2) is 5.78 Å². The molecule has 2 heterocycles. The van der Waals surface area contributed by atoms with Crippen LogP contribution < -0.4 is 0 Å². The Morgan fingerprint density at radius 3 is 2.87 bits per heavy atom. The number of aryl methyl sites for hydroxylation is 1. The Hall–Kier alpha value is -1.61. The second-order valence-electron chi connectivity index (χ2n) is 3.12.